The summed E-state index contributed by atoms with van der Waals surface area (Å²) in [5, 5.41) is 1.42. The smallest absolute Gasteiger partial charge is 0.256 e. The van der Waals surface area contributed by atoms with Gasteiger partial charge in [-0.2, -0.15) is 0 Å². The molecule has 0 saturated heterocycles. The lowest BCUT2D eigenvalue weighted by atomic mass is 9.95. The predicted octanol–water partition coefficient (Wildman–Crippen LogP) is 4.18. The van der Waals surface area contributed by atoms with Crippen molar-refractivity contribution in [1.82, 2.24) is 4.98 Å². The molecule has 0 aliphatic rings. The Morgan fingerprint density at radius 3 is 2.27 bits per heavy atom. The van der Waals surface area contributed by atoms with Gasteiger partial charge in [-0.05, 0) is 23.4 Å². The van der Waals surface area contributed by atoms with Crippen LogP contribution in [-0.2, 0) is 0 Å². The quantitative estimate of drug-likeness (QED) is 0.733. The predicted molar refractivity (Wildman–Crippen MR) is 89.2 cm³/mol. The first kappa shape index (κ1) is 14.3. The molecule has 3 aromatic rings. The minimum absolute atomic E-state index is 0.0239. The van der Waals surface area contributed by atoms with E-state index >= 15 is 0 Å². The highest BCUT2D eigenvalue weighted by Gasteiger charge is 2.17. The second kappa shape index (κ2) is 5.98. The van der Waals surface area contributed by atoms with Gasteiger partial charge in [0.1, 0.15) is 0 Å². The molecule has 0 spiro atoms. The van der Waals surface area contributed by atoms with Gasteiger partial charge in [0.25, 0.3) is 5.56 Å². The first-order chi connectivity index (χ1) is 10.7. The van der Waals surface area contributed by atoms with Gasteiger partial charge in [-0.1, -0.05) is 55.5 Å². The highest BCUT2D eigenvalue weighted by atomic mass is 16.1. The van der Waals surface area contributed by atoms with E-state index in [1.165, 1.54) is 0 Å². The maximum Gasteiger partial charge on any atom is 0.256 e. The van der Waals surface area contributed by atoms with Gasteiger partial charge in [-0.25, -0.2) is 0 Å². The maximum absolute atomic E-state index is 12.5. The topological polar surface area (TPSA) is 49.9 Å². The lowest BCUT2D eigenvalue weighted by Crippen LogP contribution is -2.15. The molecular weight excluding hydrogens is 274 g/mol. The average Bonchev–Trinajstić information content (AvgIpc) is 2.56. The second-order valence-electron chi connectivity index (χ2n) is 5.29. The van der Waals surface area contributed by atoms with E-state index in [1.807, 2.05) is 55.5 Å². The number of hydrogen-bond donors (Lipinski definition) is 1. The Balaban J connectivity index is 2.39. The summed E-state index contributed by atoms with van der Waals surface area (Å²) in [5.74, 6) is -0.0239. The van der Waals surface area contributed by atoms with E-state index < -0.39 is 0 Å². The molecule has 3 nitrogen and oxygen atoms in total. The number of H-pyrrole nitrogens is 1. The molecule has 3 heteroatoms. The number of aromatic amines is 1. The molecule has 0 aliphatic heterocycles. The van der Waals surface area contributed by atoms with Crippen LogP contribution in [0.2, 0.25) is 0 Å². The number of ketones is 1. The molecule has 0 fully saturated rings. The Bertz CT molecular complexity index is 879. The number of fused-ring (bicyclic) bond motifs is 1. The van der Waals surface area contributed by atoms with Crippen molar-refractivity contribution in [2.45, 2.75) is 19.8 Å². The van der Waals surface area contributed by atoms with Crippen LogP contribution in [0.5, 0.6) is 0 Å². The largest absolute Gasteiger partial charge is 0.318 e. The minimum Gasteiger partial charge on any atom is -0.318 e. The Labute approximate surface area is 128 Å². The molecule has 0 bridgehead atoms. The second-order valence-corrected chi connectivity index (χ2v) is 5.29. The van der Waals surface area contributed by atoms with Gasteiger partial charge >= 0.3 is 0 Å². The van der Waals surface area contributed by atoms with Crippen molar-refractivity contribution in [1.29, 1.82) is 0 Å². The fraction of sp³-hybridized carbons (Fsp3) is 0.158. The van der Waals surface area contributed by atoms with Crippen molar-refractivity contribution >= 4 is 16.6 Å². The van der Waals surface area contributed by atoms with Crippen molar-refractivity contribution in [3.63, 3.8) is 0 Å². The summed E-state index contributed by atoms with van der Waals surface area (Å²) in [6.45, 7) is 1.96. The Kier molecular flexibility index (Phi) is 3.88. The summed E-state index contributed by atoms with van der Waals surface area (Å²) in [6, 6.07) is 17.1. The molecule has 1 N–H and O–H groups in total. The molecule has 0 saturated carbocycles. The van der Waals surface area contributed by atoms with Crippen LogP contribution in [0.4, 0.5) is 0 Å². The zero-order chi connectivity index (χ0) is 15.5. The standard InChI is InChI=1S/C19H17NO2/c1-2-8-16(21)18-17(13-9-4-3-5-10-13)14-11-6-7-12-15(14)19(22)20-18/h3-7,9-12H,2,8H2,1H3,(H,20,22). The lowest BCUT2D eigenvalue weighted by molar-refractivity contribution is 0.0977. The monoisotopic (exact) mass is 291 g/mol. The van der Waals surface area contributed by atoms with E-state index in [0.29, 0.717) is 17.5 Å². The van der Waals surface area contributed by atoms with Crippen LogP contribution in [0.25, 0.3) is 21.9 Å². The molecule has 0 unspecified atom stereocenters. The van der Waals surface area contributed by atoms with Crippen LogP contribution in [0.3, 0.4) is 0 Å². The number of Topliss-reactive ketones (excluding diaryl/α,β-unsaturated/α-hetero) is 1. The van der Waals surface area contributed by atoms with Gasteiger partial charge in [-0.3, -0.25) is 9.59 Å². The van der Waals surface area contributed by atoms with Crippen molar-refractivity contribution in [3.05, 3.63) is 70.6 Å². The maximum atomic E-state index is 12.5. The summed E-state index contributed by atoms with van der Waals surface area (Å²) < 4.78 is 0. The van der Waals surface area contributed by atoms with Crippen LogP contribution in [-0.4, -0.2) is 10.8 Å². The van der Waals surface area contributed by atoms with Crippen molar-refractivity contribution in [2.75, 3.05) is 0 Å². The Morgan fingerprint density at radius 2 is 1.59 bits per heavy atom. The van der Waals surface area contributed by atoms with Crippen molar-refractivity contribution < 1.29 is 4.79 Å². The van der Waals surface area contributed by atoms with E-state index in [1.54, 1.807) is 6.07 Å². The highest BCUT2D eigenvalue weighted by molar-refractivity contribution is 6.08. The van der Waals surface area contributed by atoms with E-state index in [9.17, 15) is 9.59 Å². The Morgan fingerprint density at radius 1 is 0.955 bits per heavy atom. The molecule has 22 heavy (non-hydrogen) atoms. The molecule has 0 amide bonds. The number of nitrogens with one attached hydrogen (secondary N) is 1. The van der Waals surface area contributed by atoms with Gasteiger partial charge in [0.15, 0.2) is 5.78 Å². The molecule has 1 aromatic heterocycles. The summed E-state index contributed by atoms with van der Waals surface area (Å²) in [5.41, 5.74) is 1.95. The van der Waals surface area contributed by atoms with Crippen molar-refractivity contribution in [2.24, 2.45) is 0 Å². The molecule has 1 heterocycles. The summed E-state index contributed by atoms with van der Waals surface area (Å²) in [4.78, 5) is 27.5. The van der Waals surface area contributed by atoms with E-state index in [4.69, 9.17) is 0 Å². The zero-order valence-corrected chi connectivity index (χ0v) is 12.4. The molecule has 3 rings (SSSR count). The number of carbonyl (C=O) groups is 1. The Hall–Kier alpha value is -2.68. The van der Waals surface area contributed by atoms with E-state index in [-0.39, 0.29) is 11.3 Å². The van der Waals surface area contributed by atoms with Crippen LogP contribution in [0.15, 0.2) is 59.4 Å². The first-order valence-corrected chi connectivity index (χ1v) is 7.46. The van der Waals surface area contributed by atoms with E-state index in [2.05, 4.69) is 4.98 Å². The normalized spacial score (nSPS) is 10.8. The third kappa shape index (κ3) is 2.46. The number of rotatable bonds is 4. The summed E-state index contributed by atoms with van der Waals surface area (Å²) >= 11 is 0. The molecule has 110 valence electrons. The first-order valence-electron chi connectivity index (χ1n) is 7.46. The minimum atomic E-state index is -0.213. The summed E-state index contributed by atoms with van der Waals surface area (Å²) in [7, 11) is 0. The van der Waals surface area contributed by atoms with Gasteiger partial charge < -0.3 is 4.98 Å². The summed E-state index contributed by atoms with van der Waals surface area (Å²) in [6.07, 6.45) is 1.18. The van der Waals surface area contributed by atoms with Crippen LogP contribution in [0.1, 0.15) is 30.3 Å². The molecular formula is C19H17NO2. The zero-order valence-electron chi connectivity index (χ0n) is 12.4. The lowest BCUT2D eigenvalue weighted by Gasteiger charge is -2.12. The molecule has 2 aromatic carbocycles. The number of hydrogen-bond acceptors (Lipinski definition) is 2. The average molecular weight is 291 g/mol. The highest BCUT2D eigenvalue weighted by Crippen LogP contribution is 2.30. The van der Waals surface area contributed by atoms with Gasteiger partial charge in [0, 0.05) is 17.4 Å². The van der Waals surface area contributed by atoms with Crippen molar-refractivity contribution in [3.8, 4) is 11.1 Å². The van der Waals surface area contributed by atoms with Gasteiger partial charge in [-0.15, -0.1) is 0 Å². The van der Waals surface area contributed by atoms with E-state index in [0.717, 1.165) is 22.9 Å². The third-order valence-corrected chi connectivity index (χ3v) is 3.75. The number of pyridine rings is 1. The van der Waals surface area contributed by atoms with Crippen LogP contribution < -0.4 is 5.56 Å². The fourth-order valence-corrected chi connectivity index (χ4v) is 2.74. The van der Waals surface area contributed by atoms with Crippen LogP contribution in [0, 0.1) is 0 Å². The fourth-order valence-electron chi connectivity index (χ4n) is 2.74. The third-order valence-electron chi connectivity index (χ3n) is 3.75. The molecule has 0 atom stereocenters. The molecule has 0 aliphatic carbocycles. The number of carbonyl (C=O) groups excluding carboxylic acids is 1. The van der Waals surface area contributed by atoms with Gasteiger partial charge in [0.2, 0.25) is 0 Å². The van der Waals surface area contributed by atoms with Gasteiger partial charge in [0.05, 0.1) is 5.69 Å². The number of aromatic nitrogens is 1. The SMILES string of the molecule is CCCC(=O)c1[nH]c(=O)c2ccccc2c1-c1ccccc1. The molecule has 0 radical (unpaired) electrons. The van der Waals surface area contributed by atoms with Crippen LogP contribution >= 0.6 is 0 Å². The number of benzene rings is 2.